The second-order valence-corrected chi connectivity index (χ2v) is 11.1. The summed E-state index contributed by atoms with van der Waals surface area (Å²) in [5, 5.41) is 28.4. The molecule has 206 valence electrons. The van der Waals surface area contributed by atoms with E-state index in [0.717, 1.165) is 47.9 Å². The fourth-order valence-electron chi connectivity index (χ4n) is 4.45. The minimum Gasteiger partial charge on any atom is -0.479 e. The predicted molar refractivity (Wildman–Crippen MR) is 155 cm³/mol. The number of thiophene rings is 1. The Morgan fingerprint density at radius 2 is 1.90 bits per heavy atom. The molecule has 3 aromatic rings. The number of para-hydroxylation sites is 1. The molecule has 0 radical (unpaired) electrons. The van der Waals surface area contributed by atoms with Crippen molar-refractivity contribution in [3.63, 3.8) is 0 Å². The van der Waals surface area contributed by atoms with Gasteiger partial charge in [0.15, 0.2) is 17.2 Å². The van der Waals surface area contributed by atoms with Gasteiger partial charge in [0.1, 0.15) is 11.1 Å². The van der Waals surface area contributed by atoms with Crippen molar-refractivity contribution in [2.24, 2.45) is 5.92 Å². The van der Waals surface area contributed by atoms with Crippen molar-refractivity contribution in [2.45, 2.75) is 23.8 Å². The Bertz CT molecular complexity index is 1360. The van der Waals surface area contributed by atoms with Crippen LogP contribution in [0.1, 0.15) is 22.5 Å². The van der Waals surface area contributed by atoms with Crippen molar-refractivity contribution in [2.75, 3.05) is 36.6 Å². The van der Waals surface area contributed by atoms with E-state index >= 15 is 0 Å². The molecule has 1 amide bonds. The van der Waals surface area contributed by atoms with E-state index in [1.807, 2.05) is 36.6 Å². The number of carbonyl (C=O) groups excluding carboxylic acids is 1. The SMILES string of the molecule is CSc1ccccc1NC(=O)C(Nc1cccc(-c2sc(C(=O)O)c(OCC(=O)O)c2Cl)c1)C1CCNCC1. The summed E-state index contributed by atoms with van der Waals surface area (Å²) in [6.45, 7) is 0.920. The van der Waals surface area contributed by atoms with Crippen LogP contribution >= 0.6 is 34.7 Å². The van der Waals surface area contributed by atoms with Gasteiger partial charge in [-0.2, -0.15) is 0 Å². The number of hydrogen-bond donors (Lipinski definition) is 5. The van der Waals surface area contributed by atoms with Gasteiger partial charge in [-0.05, 0) is 67.9 Å². The van der Waals surface area contributed by atoms with E-state index in [4.69, 9.17) is 21.4 Å². The fraction of sp³-hybridized carbons (Fsp3) is 0.296. The van der Waals surface area contributed by atoms with Gasteiger partial charge >= 0.3 is 11.9 Å². The molecular weight excluding hydrogens is 562 g/mol. The summed E-state index contributed by atoms with van der Waals surface area (Å²) >= 11 is 8.93. The number of nitrogens with one attached hydrogen (secondary N) is 3. The summed E-state index contributed by atoms with van der Waals surface area (Å²) < 4.78 is 5.20. The lowest BCUT2D eigenvalue weighted by atomic mass is 9.89. The molecule has 1 atom stereocenters. The Balaban J connectivity index is 1.63. The standard InChI is InChI=1S/C27H28ClN3O6S2/c1-38-19-8-3-2-7-18(19)31-26(34)22(15-9-11-29-12-10-15)30-17-6-4-5-16(13-17)24-21(28)23(37-14-20(32)33)25(39-24)27(35)36/h2-8,13,15,22,29-30H,9-12,14H2,1H3,(H,31,34)(H,32,33)(H,35,36). The van der Waals surface area contributed by atoms with Gasteiger partial charge in [0.25, 0.3) is 0 Å². The number of hydrogen-bond acceptors (Lipinski definition) is 8. The second-order valence-electron chi connectivity index (χ2n) is 8.87. The van der Waals surface area contributed by atoms with E-state index in [1.54, 1.807) is 30.0 Å². The van der Waals surface area contributed by atoms with Crippen LogP contribution in [0.4, 0.5) is 11.4 Å². The topological polar surface area (TPSA) is 137 Å². The highest BCUT2D eigenvalue weighted by atomic mass is 35.5. The number of rotatable bonds is 11. The molecular formula is C27H28ClN3O6S2. The normalized spacial score (nSPS) is 14.4. The lowest BCUT2D eigenvalue weighted by molar-refractivity contribution is -0.139. The van der Waals surface area contributed by atoms with Crippen molar-refractivity contribution < 1.29 is 29.3 Å². The molecule has 1 aliphatic rings. The van der Waals surface area contributed by atoms with Crippen LogP contribution in [-0.2, 0) is 9.59 Å². The van der Waals surface area contributed by atoms with Crippen LogP contribution in [0.15, 0.2) is 53.4 Å². The number of piperidine rings is 1. The van der Waals surface area contributed by atoms with E-state index in [9.17, 15) is 19.5 Å². The first kappa shape index (κ1) is 28.8. The number of anilines is 2. The summed E-state index contributed by atoms with van der Waals surface area (Å²) in [6, 6.07) is 14.3. The highest BCUT2D eigenvalue weighted by Gasteiger charge is 2.30. The summed E-state index contributed by atoms with van der Waals surface area (Å²) in [4.78, 5) is 37.6. The zero-order valence-electron chi connectivity index (χ0n) is 21.0. The first-order valence-electron chi connectivity index (χ1n) is 12.2. The van der Waals surface area contributed by atoms with Crippen LogP contribution in [0, 0.1) is 5.92 Å². The lowest BCUT2D eigenvalue weighted by Crippen LogP contribution is -2.45. The van der Waals surface area contributed by atoms with E-state index in [2.05, 4.69) is 16.0 Å². The smallest absolute Gasteiger partial charge is 0.349 e. The average Bonchev–Trinajstić information content (AvgIpc) is 3.27. The first-order valence-corrected chi connectivity index (χ1v) is 14.6. The maximum Gasteiger partial charge on any atom is 0.349 e. The molecule has 9 nitrogen and oxygen atoms in total. The van der Waals surface area contributed by atoms with Crippen molar-refractivity contribution in [1.29, 1.82) is 0 Å². The Hall–Kier alpha value is -3.25. The summed E-state index contributed by atoms with van der Waals surface area (Å²) in [6.07, 6.45) is 3.62. The summed E-state index contributed by atoms with van der Waals surface area (Å²) in [5.74, 6) is -2.74. The van der Waals surface area contributed by atoms with Gasteiger partial charge < -0.3 is 30.9 Å². The number of ether oxygens (including phenoxy) is 1. The highest BCUT2D eigenvalue weighted by Crippen LogP contribution is 2.46. The van der Waals surface area contributed by atoms with E-state index in [1.165, 1.54) is 0 Å². The van der Waals surface area contributed by atoms with Crippen LogP contribution in [-0.4, -0.2) is 60.1 Å². The third-order valence-electron chi connectivity index (χ3n) is 6.29. The van der Waals surface area contributed by atoms with E-state index < -0.39 is 24.6 Å². The number of aliphatic carboxylic acids is 1. The number of carbonyl (C=O) groups is 3. The Morgan fingerprint density at radius 3 is 2.59 bits per heavy atom. The minimum absolute atomic E-state index is 0.0251. The maximum absolute atomic E-state index is 13.6. The molecule has 39 heavy (non-hydrogen) atoms. The quantitative estimate of drug-likeness (QED) is 0.187. The maximum atomic E-state index is 13.6. The van der Waals surface area contributed by atoms with E-state index in [-0.39, 0.29) is 27.5 Å². The van der Waals surface area contributed by atoms with Crippen LogP contribution in [0.25, 0.3) is 10.4 Å². The van der Waals surface area contributed by atoms with Gasteiger partial charge in [-0.15, -0.1) is 23.1 Å². The Kier molecular flexibility index (Phi) is 9.73. The number of benzene rings is 2. The van der Waals surface area contributed by atoms with Crippen LogP contribution < -0.4 is 20.7 Å². The zero-order valence-corrected chi connectivity index (χ0v) is 23.4. The lowest BCUT2D eigenvalue weighted by Gasteiger charge is -2.31. The molecule has 12 heteroatoms. The van der Waals surface area contributed by atoms with Gasteiger partial charge in [-0.25, -0.2) is 9.59 Å². The second kappa shape index (κ2) is 13.2. The van der Waals surface area contributed by atoms with Crippen molar-refractivity contribution >= 4 is 63.9 Å². The van der Waals surface area contributed by atoms with Gasteiger partial charge in [0.2, 0.25) is 5.91 Å². The number of carboxylic acids is 2. The number of amides is 1. The van der Waals surface area contributed by atoms with Crippen LogP contribution in [0.5, 0.6) is 5.75 Å². The highest BCUT2D eigenvalue weighted by molar-refractivity contribution is 7.98. The molecule has 1 aromatic heterocycles. The molecule has 0 bridgehead atoms. The van der Waals surface area contributed by atoms with E-state index in [0.29, 0.717) is 16.1 Å². The fourth-order valence-corrected chi connectivity index (χ4v) is 6.40. The third kappa shape index (κ3) is 7.04. The first-order chi connectivity index (χ1) is 18.8. The molecule has 1 saturated heterocycles. The van der Waals surface area contributed by atoms with Crippen LogP contribution in [0.3, 0.4) is 0 Å². The van der Waals surface area contributed by atoms with Crippen molar-refractivity contribution in [1.82, 2.24) is 5.32 Å². The molecule has 1 aliphatic heterocycles. The monoisotopic (exact) mass is 589 g/mol. The average molecular weight is 590 g/mol. The van der Waals surface area contributed by atoms with Crippen molar-refractivity contribution in [3.8, 4) is 16.2 Å². The largest absolute Gasteiger partial charge is 0.479 e. The number of thioether (sulfide) groups is 1. The predicted octanol–water partition coefficient (Wildman–Crippen LogP) is 5.37. The van der Waals surface area contributed by atoms with Crippen molar-refractivity contribution in [3.05, 3.63) is 58.4 Å². The molecule has 0 saturated carbocycles. The molecule has 2 aromatic carbocycles. The zero-order chi connectivity index (χ0) is 27.9. The molecule has 0 spiro atoms. The number of aromatic carboxylic acids is 1. The number of halogens is 1. The molecule has 5 N–H and O–H groups in total. The van der Waals surface area contributed by atoms with Gasteiger partial charge in [-0.3, -0.25) is 4.79 Å². The van der Waals surface area contributed by atoms with Crippen LogP contribution in [0.2, 0.25) is 5.02 Å². The number of carboxylic acid groups (broad SMARTS) is 2. The Morgan fingerprint density at radius 1 is 1.15 bits per heavy atom. The van der Waals surface area contributed by atoms with Gasteiger partial charge in [0, 0.05) is 10.6 Å². The molecule has 1 fully saturated rings. The third-order valence-corrected chi connectivity index (χ3v) is 8.77. The molecule has 1 unspecified atom stereocenters. The molecule has 2 heterocycles. The molecule has 4 rings (SSSR count). The molecule has 0 aliphatic carbocycles. The van der Waals surface area contributed by atoms with Gasteiger partial charge in [0.05, 0.1) is 10.6 Å². The summed E-state index contributed by atoms with van der Waals surface area (Å²) in [7, 11) is 0. The minimum atomic E-state index is -1.27. The Labute approximate surface area is 238 Å². The summed E-state index contributed by atoms with van der Waals surface area (Å²) in [5.41, 5.74) is 2.03. The van der Waals surface area contributed by atoms with Gasteiger partial charge in [-0.1, -0.05) is 35.9 Å².